The first-order valence-corrected chi connectivity index (χ1v) is 6.46. The summed E-state index contributed by atoms with van der Waals surface area (Å²) in [6, 6.07) is 6.40. The molecule has 1 unspecified atom stereocenters. The minimum absolute atomic E-state index is 0.267. The van der Waals surface area contributed by atoms with E-state index in [-0.39, 0.29) is 5.56 Å². The minimum atomic E-state index is -0.927. The SMILES string of the molecule is CC(CN)SCCOc1ccc(C(=O)O)cc1. The molecule has 0 fully saturated rings. The first-order chi connectivity index (χ1) is 8.13. The lowest BCUT2D eigenvalue weighted by Gasteiger charge is -2.09. The zero-order valence-corrected chi connectivity index (χ0v) is 10.6. The molecule has 5 heteroatoms. The van der Waals surface area contributed by atoms with Gasteiger partial charge in [0.25, 0.3) is 0 Å². The van der Waals surface area contributed by atoms with Crippen LogP contribution in [0, 0.1) is 0 Å². The van der Waals surface area contributed by atoms with Gasteiger partial charge in [0.15, 0.2) is 0 Å². The quantitative estimate of drug-likeness (QED) is 0.727. The van der Waals surface area contributed by atoms with Crippen molar-refractivity contribution in [1.29, 1.82) is 0 Å². The number of ether oxygens (including phenoxy) is 1. The highest BCUT2D eigenvalue weighted by Crippen LogP contribution is 2.14. The number of hydrogen-bond donors (Lipinski definition) is 2. The second-order valence-electron chi connectivity index (χ2n) is 3.60. The van der Waals surface area contributed by atoms with Gasteiger partial charge in [-0.05, 0) is 24.3 Å². The highest BCUT2D eigenvalue weighted by molar-refractivity contribution is 7.99. The summed E-state index contributed by atoms with van der Waals surface area (Å²) in [6.45, 7) is 3.34. The third-order valence-electron chi connectivity index (χ3n) is 2.19. The van der Waals surface area contributed by atoms with E-state index in [0.29, 0.717) is 24.2 Å². The zero-order chi connectivity index (χ0) is 12.7. The normalized spacial score (nSPS) is 12.1. The topological polar surface area (TPSA) is 72.5 Å². The van der Waals surface area contributed by atoms with Gasteiger partial charge in [0.1, 0.15) is 5.75 Å². The molecule has 1 aromatic carbocycles. The van der Waals surface area contributed by atoms with Gasteiger partial charge in [-0.1, -0.05) is 6.92 Å². The van der Waals surface area contributed by atoms with Crippen LogP contribution < -0.4 is 10.5 Å². The molecule has 4 nitrogen and oxygen atoms in total. The summed E-state index contributed by atoms with van der Waals surface area (Å²) in [5.41, 5.74) is 5.76. The summed E-state index contributed by atoms with van der Waals surface area (Å²) in [6.07, 6.45) is 0. The Labute approximate surface area is 105 Å². The number of nitrogens with two attached hydrogens (primary N) is 1. The number of carboxylic acid groups (broad SMARTS) is 1. The van der Waals surface area contributed by atoms with Crippen molar-refractivity contribution in [2.24, 2.45) is 5.73 Å². The summed E-state index contributed by atoms with van der Waals surface area (Å²) in [4.78, 5) is 10.6. The molecule has 0 radical (unpaired) electrons. The summed E-state index contributed by atoms with van der Waals surface area (Å²) < 4.78 is 5.48. The number of thioether (sulfide) groups is 1. The fourth-order valence-electron chi connectivity index (χ4n) is 1.17. The maximum atomic E-state index is 10.6. The van der Waals surface area contributed by atoms with Crippen molar-refractivity contribution in [2.45, 2.75) is 12.2 Å². The Hall–Kier alpha value is -1.20. The van der Waals surface area contributed by atoms with Crippen molar-refractivity contribution in [2.75, 3.05) is 18.9 Å². The van der Waals surface area contributed by atoms with E-state index >= 15 is 0 Å². The smallest absolute Gasteiger partial charge is 0.335 e. The lowest BCUT2D eigenvalue weighted by molar-refractivity contribution is 0.0697. The molecule has 17 heavy (non-hydrogen) atoms. The largest absolute Gasteiger partial charge is 0.493 e. The van der Waals surface area contributed by atoms with Gasteiger partial charge in [-0.3, -0.25) is 0 Å². The monoisotopic (exact) mass is 255 g/mol. The first kappa shape index (κ1) is 13.9. The summed E-state index contributed by atoms with van der Waals surface area (Å²) in [5, 5.41) is 9.16. The van der Waals surface area contributed by atoms with E-state index in [9.17, 15) is 4.79 Å². The van der Waals surface area contributed by atoms with Gasteiger partial charge in [0.05, 0.1) is 12.2 Å². The van der Waals surface area contributed by atoms with Crippen molar-refractivity contribution in [3.05, 3.63) is 29.8 Å². The molecule has 0 heterocycles. The van der Waals surface area contributed by atoms with Crippen LogP contribution in [0.2, 0.25) is 0 Å². The van der Waals surface area contributed by atoms with Gasteiger partial charge in [-0.15, -0.1) is 0 Å². The lowest BCUT2D eigenvalue weighted by Crippen LogP contribution is -2.14. The Bertz CT molecular complexity index is 353. The Morgan fingerprint density at radius 1 is 1.47 bits per heavy atom. The van der Waals surface area contributed by atoms with Crippen LogP contribution in [-0.2, 0) is 0 Å². The van der Waals surface area contributed by atoms with E-state index in [1.807, 2.05) is 0 Å². The molecular formula is C12H17NO3S. The summed E-state index contributed by atoms with van der Waals surface area (Å²) in [5.74, 6) is 0.638. The number of hydrogen-bond acceptors (Lipinski definition) is 4. The van der Waals surface area contributed by atoms with Crippen LogP contribution in [0.1, 0.15) is 17.3 Å². The van der Waals surface area contributed by atoms with Gasteiger partial charge in [-0.25, -0.2) is 4.79 Å². The Kier molecular flexibility index (Phi) is 5.86. The molecule has 0 bridgehead atoms. The fourth-order valence-corrected chi connectivity index (χ4v) is 1.89. The molecule has 0 spiro atoms. The lowest BCUT2D eigenvalue weighted by atomic mass is 10.2. The van der Waals surface area contributed by atoms with Crippen molar-refractivity contribution in [3.63, 3.8) is 0 Å². The molecule has 0 aliphatic carbocycles. The van der Waals surface area contributed by atoms with Crippen molar-refractivity contribution in [3.8, 4) is 5.75 Å². The second-order valence-corrected chi connectivity index (χ2v) is 5.14. The molecular weight excluding hydrogens is 238 g/mol. The predicted octanol–water partition coefficient (Wildman–Crippen LogP) is 1.84. The second kappa shape index (κ2) is 7.19. The van der Waals surface area contributed by atoms with Crippen LogP contribution in [-0.4, -0.2) is 35.2 Å². The van der Waals surface area contributed by atoms with Crippen LogP contribution in [0.3, 0.4) is 0 Å². The van der Waals surface area contributed by atoms with E-state index in [0.717, 1.165) is 5.75 Å². The van der Waals surface area contributed by atoms with Crippen LogP contribution in [0.15, 0.2) is 24.3 Å². The van der Waals surface area contributed by atoms with E-state index in [1.165, 1.54) is 12.1 Å². The van der Waals surface area contributed by atoms with Crippen molar-refractivity contribution >= 4 is 17.7 Å². The van der Waals surface area contributed by atoms with Crippen LogP contribution >= 0.6 is 11.8 Å². The summed E-state index contributed by atoms with van der Waals surface area (Å²) in [7, 11) is 0. The Morgan fingerprint density at radius 2 is 2.12 bits per heavy atom. The van der Waals surface area contributed by atoms with Gasteiger partial charge < -0.3 is 15.6 Å². The average Bonchev–Trinajstić information content (AvgIpc) is 2.34. The molecule has 0 aliphatic heterocycles. The standard InChI is InChI=1S/C12H17NO3S/c1-9(8-13)17-7-6-16-11-4-2-10(3-5-11)12(14)15/h2-5,9H,6-8,13H2,1H3,(H,14,15). The minimum Gasteiger partial charge on any atom is -0.493 e. The van der Waals surface area contributed by atoms with E-state index in [1.54, 1.807) is 23.9 Å². The average molecular weight is 255 g/mol. The van der Waals surface area contributed by atoms with E-state index in [2.05, 4.69) is 6.92 Å². The maximum Gasteiger partial charge on any atom is 0.335 e. The van der Waals surface area contributed by atoms with Gasteiger partial charge in [-0.2, -0.15) is 11.8 Å². The molecule has 0 saturated carbocycles. The number of rotatable bonds is 7. The molecule has 0 amide bonds. The van der Waals surface area contributed by atoms with E-state index < -0.39 is 5.97 Å². The Balaban J connectivity index is 2.30. The molecule has 94 valence electrons. The van der Waals surface area contributed by atoms with Crippen LogP contribution in [0.5, 0.6) is 5.75 Å². The third-order valence-corrected chi connectivity index (χ3v) is 3.35. The third kappa shape index (κ3) is 5.10. The first-order valence-electron chi connectivity index (χ1n) is 5.41. The molecule has 1 atom stereocenters. The molecule has 1 rings (SSSR count). The van der Waals surface area contributed by atoms with Crippen molar-refractivity contribution in [1.82, 2.24) is 0 Å². The van der Waals surface area contributed by atoms with Gasteiger partial charge in [0.2, 0.25) is 0 Å². The van der Waals surface area contributed by atoms with Crippen molar-refractivity contribution < 1.29 is 14.6 Å². The number of benzene rings is 1. The predicted molar refractivity (Wildman–Crippen MR) is 69.9 cm³/mol. The van der Waals surface area contributed by atoms with Crippen LogP contribution in [0.25, 0.3) is 0 Å². The van der Waals surface area contributed by atoms with Gasteiger partial charge in [0, 0.05) is 17.5 Å². The zero-order valence-electron chi connectivity index (χ0n) is 9.76. The molecule has 0 aromatic heterocycles. The molecule has 0 aliphatic rings. The van der Waals surface area contributed by atoms with Crippen LogP contribution in [0.4, 0.5) is 0 Å². The van der Waals surface area contributed by atoms with Gasteiger partial charge >= 0.3 is 5.97 Å². The molecule has 1 aromatic rings. The Morgan fingerprint density at radius 3 is 2.65 bits per heavy atom. The highest BCUT2D eigenvalue weighted by Gasteiger charge is 2.02. The summed E-state index contributed by atoms with van der Waals surface area (Å²) >= 11 is 1.76. The molecule has 0 saturated heterocycles. The fraction of sp³-hybridized carbons (Fsp3) is 0.417. The number of carbonyl (C=O) groups is 1. The molecule has 3 N–H and O–H groups in total. The maximum absolute atomic E-state index is 10.6. The number of aromatic carboxylic acids is 1. The highest BCUT2D eigenvalue weighted by atomic mass is 32.2. The van der Waals surface area contributed by atoms with E-state index in [4.69, 9.17) is 15.6 Å². The number of carboxylic acids is 1.